The number of carbonyl (C=O) groups is 1. The van der Waals surface area contributed by atoms with Crippen molar-refractivity contribution >= 4 is 15.5 Å². The lowest BCUT2D eigenvalue weighted by Crippen LogP contribution is -2.17. The van der Waals surface area contributed by atoms with Gasteiger partial charge in [0, 0.05) is 0 Å². The van der Waals surface area contributed by atoms with Gasteiger partial charge in [0.25, 0.3) is 0 Å². The van der Waals surface area contributed by atoms with E-state index in [1.54, 1.807) is 13.8 Å². The molecule has 0 fully saturated rings. The molecule has 0 aliphatic rings. The highest BCUT2D eigenvalue weighted by atomic mass is 31.0. The lowest BCUT2D eigenvalue weighted by Gasteiger charge is -2.04. The predicted molar refractivity (Wildman–Crippen MR) is 34.5 cm³/mol. The standard InChI is InChI=1S/C4H10NO2P/c1-3(2)7-4(6)5-8/h3H,8H2,1-2H3,(H,5,6). The Hall–Kier alpha value is -0.300. The molecular formula is C4H10NO2P. The summed E-state index contributed by atoms with van der Waals surface area (Å²) in [5.41, 5.74) is 0. The highest BCUT2D eigenvalue weighted by Gasteiger charge is 1.98. The Bertz CT molecular complexity index is 84.1. The van der Waals surface area contributed by atoms with Crippen LogP contribution >= 0.6 is 9.39 Å². The van der Waals surface area contributed by atoms with Crippen LogP contribution in [0.2, 0.25) is 0 Å². The fraction of sp³-hybridized carbons (Fsp3) is 0.750. The maximum Gasteiger partial charge on any atom is 0.410 e. The average molecular weight is 135 g/mol. The summed E-state index contributed by atoms with van der Waals surface area (Å²) in [6, 6.07) is 0. The second kappa shape index (κ2) is 3.67. The summed E-state index contributed by atoms with van der Waals surface area (Å²) < 4.78 is 4.63. The molecule has 0 saturated heterocycles. The van der Waals surface area contributed by atoms with E-state index in [0.717, 1.165) is 0 Å². The van der Waals surface area contributed by atoms with E-state index in [1.807, 2.05) is 0 Å². The van der Waals surface area contributed by atoms with Crippen molar-refractivity contribution in [2.45, 2.75) is 20.0 Å². The quantitative estimate of drug-likeness (QED) is 0.542. The number of nitrogens with one attached hydrogen (secondary N) is 1. The number of hydrogen-bond acceptors (Lipinski definition) is 2. The highest BCUT2D eigenvalue weighted by Crippen LogP contribution is 1.88. The first-order valence-corrected chi connectivity index (χ1v) is 2.91. The average Bonchev–Trinajstić information content (AvgIpc) is 1.65. The molecule has 48 valence electrons. The van der Waals surface area contributed by atoms with Crippen molar-refractivity contribution in [3.63, 3.8) is 0 Å². The van der Waals surface area contributed by atoms with Crippen molar-refractivity contribution in [2.75, 3.05) is 0 Å². The maximum absolute atomic E-state index is 10.3. The molecular weight excluding hydrogens is 125 g/mol. The molecule has 0 aliphatic heterocycles. The molecule has 0 aromatic heterocycles. The molecule has 0 aromatic rings. The van der Waals surface area contributed by atoms with Gasteiger partial charge in [0.1, 0.15) is 0 Å². The molecule has 1 unspecified atom stereocenters. The SMILES string of the molecule is CC(C)OC(=O)NP. The van der Waals surface area contributed by atoms with Gasteiger partial charge in [-0.05, 0) is 23.2 Å². The van der Waals surface area contributed by atoms with E-state index >= 15 is 0 Å². The zero-order valence-electron chi connectivity index (χ0n) is 4.97. The molecule has 1 amide bonds. The summed E-state index contributed by atoms with van der Waals surface area (Å²) >= 11 is 0. The largest absolute Gasteiger partial charge is 0.447 e. The molecule has 1 N–H and O–H groups in total. The lowest BCUT2D eigenvalue weighted by atomic mass is 10.5. The van der Waals surface area contributed by atoms with Crippen LogP contribution in [0.15, 0.2) is 0 Å². The summed E-state index contributed by atoms with van der Waals surface area (Å²) in [6.07, 6.45) is -0.458. The molecule has 0 heterocycles. The van der Waals surface area contributed by atoms with E-state index in [9.17, 15) is 4.79 Å². The number of rotatable bonds is 1. The van der Waals surface area contributed by atoms with Crippen LogP contribution in [0.25, 0.3) is 0 Å². The molecule has 0 radical (unpaired) electrons. The topological polar surface area (TPSA) is 38.3 Å². The molecule has 0 saturated carbocycles. The van der Waals surface area contributed by atoms with Gasteiger partial charge in [-0.25, -0.2) is 4.79 Å². The van der Waals surface area contributed by atoms with Crippen LogP contribution in [0.1, 0.15) is 13.8 Å². The smallest absolute Gasteiger partial charge is 0.410 e. The van der Waals surface area contributed by atoms with Gasteiger partial charge in [0.05, 0.1) is 6.10 Å². The van der Waals surface area contributed by atoms with Gasteiger partial charge >= 0.3 is 6.09 Å². The van der Waals surface area contributed by atoms with E-state index in [0.29, 0.717) is 0 Å². The molecule has 4 heteroatoms. The minimum atomic E-state index is -0.412. The maximum atomic E-state index is 10.3. The van der Waals surface area contributed by atoms with Crippen LogP contribution in [-0.2, 0) is 4.74 Å². The normalized spacial score (nSPS) is 9.00. The van der Waals surface area contributed by atoms with E-state index < -0.39 is 6.09 Å². The van der Waals surface area contributed by atoms with E-state index in [4.69, 9.17) is 0 Å². The van der Waals surface area contributed by atoms with E-state index in [2.05, 4.69) is 19.2 Å². The molecule has 3 nitrogen and oxygen atoms in total. The Morgan fingerprint density at radius 1 is 1.75 bits per heavy atom. The third-order valence-electron chi connectivity index (χ3n) is 0.461. The lowest BCUT2D eigenvalue weighted by molar-refractivity contribution is 0.122. The fourth-order valence-corrected chi connectivity index (χ4v) is 0.316. The summed E-state index contributed by atoms with van der Waals surface area (Å²) in [7, 11) is 2.06. The fourth-order valence-electron chi connectivity index (χ4n) is 0.248. The first-order valence-electron chi connectivity index (χ1n) is 2.34. The number of hydrogen-bond donors (Lipinski definition) is 1. The van der Waals surface area contributed by atoms with Crippen molar-refractivity contribution < 1.29 is 9.53 Å². The monoisotopic (exact) mass is 135 g/mol. The predicted octanol–water partition coefficient (Wildman–Crippen LogP) is 0.911. The molecule has 0 aliphatic carbocycles. The van der Waals surface area contributed by atoms with Gasteiger partial charge in [-0.1, -0.05) is 0 Å². The third kappa shape index (κ3) is 3.88. The van der Waals surface area contributed by atoms with Crippen LogP contribution in [0, 0.1) is 0 Å². The Morgan fingerprint density at radius 3 is 2.38 bits per heavy atom. The Morgan fingerprint density at radius 2 is 2.25 bits per heavy atom. The zero-order chi connectivity index (χ0) is 6.57. The van der Waals surface area contributed by atoms with Crippen LogP contribution in [-0.4, -0.2) is 12.2 Å². The number of carbonyl (C=O) groups excluding carboxylic acids is 1. The van der Waals surface area contributed by atoms with Crippen molar-refractivity contribution in [3.05, 3.63) is 0 Å². The van der Waals surface area contributed by atoms with Crippen LogP contribution in [0.3, 0.4) is 0 Å². The molecule has 0 aromatic carbocycles. The van der Waals surface area contributed by atoms with E-state index in [1.165, 1.54) is 0 Å². The minimum Gasteiger partial charge on any atom is -0.447 e. The second-order valence-electron chi connectivity index (χ2n) is 1.60. The molecule has 0 rings (SSSR count). The highest BCUT2D eigenvalue weighted by molar-refractivity contribution is 7.15. The van der Waals surface area contributed by atoms with E-state index in [-0.39, 0.29) is 6.10 Å². The molecule has 1 atom stereocenters. The van der Waals surface area contributed by atoms with Gasteiger partial charge in [0.15, 0.2) is 0 Å². The summed E-state index contributed by atoms with van der Waals surface area (Å²) in [5, 5.41) is 2.25. The summed E-state index contributed by atoms with van der Waals surface area (Å²) in [5.74, 6) is 0. The first-order chi connectivity index (χ1) is 3.66. The first kappa shape index (κ1) is 7.70. The van der Waals surface area contributed by atoms with Crippen molar-refractivity contribution in [1.29, 1.82) is 0 Å². The van der Waals surface area contributed by atoms with Crippen LogP contribution in [0.4, 0.5) is 4.79 Å². The van der Waals surface area contributed by atoms with Crippen molar-refractivity contribution in [1.82, 2.24) is 5.09 Å². The second-order valence-corrected chi connectivity index (χ2v) is 1.89. The number of ether oxygens (including phenoxy) is 1. The molecule has 0 bridgehead atoms. The Balaban J connectivity index is 3.25. The van der Waals surface area contributed by atoms with Gasteiger partial charge in [-0.15, -0.1) is 0 Å². The van der Waals surface area contributed by atoms with Gasteiger partial charge in [-0.3, -0.25) is 0 Å². The third-order valence-corrected chi connectivity index (χ3v) is 0.696. The van der Waals surface area contributed by atoms with Crippen molar-refractivity contribution in [2.24, 2.45) is 0 Å². The van der Waals surface area contributed by atoms with Gasteiger partial charge in [0.2, 0.25) is 0 Å². The van der Waals surface area contributed by atoms with Gasteiger partial charge < -0.3 is 9.82 Å². The van der Waals surface area contributed by atoms with Crippen molar-refractivity contribution in [3.8, 4) is 0 Å². The molecule has 8 heavy (non-hydrogen) atoms. The number of amides is 1. The minimum absolute atomic E-state index is 0.0458. The van der Waals surface area contributed by atoms with Crippen LogP contribution in [0.5, 0.6) is 0 Å². The van der Waals surface area contributed by atoms with Crippen LogP contribution < -0.4 is 5.09 Å². The van der Waals surface area contributed by atoms with Gasteiger partial charge in [-0.2, -0.15) is 0 Å². The Kier molecular flexibility index (Phi) is 3.53. The Labute approximate surface area is 51.0 Å². The summed E-state index contributed by atoms with van der Waals surface area (Å²) in [4.78, 5) is 10.3. The molecule has 0 spiro atoms. The zero-order valence-corrected chi connectivity index (χ0v) is 6.13. The summed E-state index contributed by atoms with van der Waals surface area (Å²) in [6.45, 7) is 3.58.